The second-order valence-corrected chi connectivity index (χ2v) is 4.96. The minimum absolute atomic E-state index is 0.0894. The van der Waals surface area contributed by atoms with Gasteiger partial charge in [-0.3, -0.25) is 9.59 Å². The van der Waals surface area contributed by atoms with Crippen LogP contribution < -0.4 is 5.32 Å². The number of amides is 1. The molecular weight excluding hydrogens is 270 g/mol. The van der Waals surface area contributed by atoms with Crippen LogP contribution in [0.15, 0.2) is 30.6 Å². The average Bonchev–Trinajstić information content (AvgIpc) is 2.89. The van der Waals surface area contributed by atoms with Crippen LogP contribution in [0.2, 0.25) is 0 Å². The smallest absolute Gasteiger partial charge is 0.303 e. The molecule has 0 bridgehead atoms. The number of aliphatic carboxylic acids is 1. The third-order valence-electron chi connectivity index (χ3n) is 3.39. The van der Waals surface area contributed by atoms with E-state index in [1.807, 2.05) is 35.8 Å². The SMILES string of the molecule is CC(C(=O)NCCCCC(=O)O)n1cnc2ccccc21. The Labute approximate surface area is 122 Å². The van der Waals surface area contributed by atoms with E-state index in [0.29, 0.717) is 19.4 Å². The molecule has 0 aliphatic rings. The summed E-state index contributed by atoms with van der Waals surface area (Å²) in [7, 11) is 0. The number of fused-ring (bicyclic) bond motifs is 1. The van der Waals surface area contributed by atoms with Gasteiger partial charge in [0.15, 0.2) is 0 Å². The summed E-state index contributed by atoms with van der Waals surface area (Å²) >= 11 is 0. The van der Waals surface area contributed by atoms with Gasteiger partial charge in [0, 0.05) is 13.0 Å². The predicted octanol–water partition coefficient (Wildman–Crippen LogP) is 1.97. The molecule has 1 amide bonds. The molecule has 112 valence electrons. The fourth-order valence-electron chi connectivity index (χ4n) is 2.17. The highest BCUT2D eigenvalue weighted by Crippen LogP contribution is 2.17. The molecule has 2 N–H and O–H groups in total. The lowest BCUT2D eigenvalue weighted by Gasteiger charge is -2.14. The van der Waals surface area contributed by atoms with Crippen molar-refractivity contribution in [3.05, 3.63) is 30.6 Å². The van der Waals surface area contributed by atoms with Gasteiger partial charge >= 0.3 is 5.97 Å². The highest BCUT2D eigenvalue weighted by Gasteiger charge is 2.16. The number of carboxylic acids is 1. The number of carbonyl (C=O) groups excluding carboxylic acids is 1. The van der Waals surface area contributed by atoms with Crippen LogP contribution in [-0.2, 0) is 9.59 Å². The van der Waals surface area contributed by atoms with Crippen LogP contribution in [0, 0.1) is 0 Å². The van der Waals surface area contributed by atoms with Gasteiger partial charge in [-0.15, -0.1) is 0 Å². The Kier molecular flexibility index (Phi) is 4.92. The molecule has 1 aromatic heterocycles. The first-order valence-corrected chi connectivity index (χ1v) is 7.00. The Hall–Kier alpha value is -2.37. The number of hydrogen-bond donors (Lipinski definition) is 2. The van der Waals surface area contributed by atoms with E-state index in [1.165, 1.54) is 0 Å². The molecule has 1 heterocycles. The molecule has 2 aromatic rings. The number of carboxylic acid groups (broad SMARTS) is 1. The van der Waals surface area contributed by atoms with Crippen molar-refractivity contribution in [3.8, 4) is 0 Å². The third kappa shape index (κ3) is 3.81. The Morgan fingerprint density at radius 2 is 2.10 bits per heavy atom. The number of nitrogens with one attached hydrogen (secondary N) is 1. The van der Waals surface area contributed by atoms with Crippen molar-refractivity contribution in [2.24, 2.45) is 0 Å². The normalized spacial score (nSPS) is 12.2. The van der Waals surface area contributed by atoms with E-state index >= 15 is 0 Å². The molecule has 0 spiro atoms. The van der Waals surface area contributed by atoms with E-state index in [4.69, 9.17) is 5.11 Å². The summed E-state index contributed by atoms with van der Waals surface area (Å²) < 4.78 is 1.84. The van der Waals surface area contributed by atoms with Gasteiger partial charge in [-0.1, -0.05) is 12.1 Å². The summed E-state index contributed by atoms with van der Waals surface area (Å²) in [5.74, 6) is -0.895. The highest BCUT2D eigenvalue weighted by atomic mass is 16.4. The summed E-state index contributed by atoms with van der Waals surface area (Å²) in [6.45, 7) is 2.31. The number of nitrogens with zero attached hydrogens (tertiary/aromatic N) is 2. The molecule has 0 aliphatic heterocycles. The van der Waals surface area contributed by atoms with Crippen LogP contribution in [0.4, 0.5) is 0 Å². The van der Waals surface area contributed by atoms with E-state index in [1.54, 1.807) is 6.33 Å². The number of hydrogen-bond acceptors (Lipinski definition) is 3. The molecule has 1 unspecified atom stereocenters. The first kappa shape index (κ1) is 15.0. The Balaban J connectivity index is 1.89. The largest absolute Gasteiger partial charge is 0.481 e. The van der Waals surface area contributed by atoms with Crippen molar-refractivity contribution >= 4 is 22.9 Å². The Bertz CT molecular complexity index is 636. The molecule has 0 fully saturated rings. The molecule has 0 aliphatic carbocycles. The van der Waals surface area contributed by atoms with Gasteiger partial charge < -0.3 is 15.0 Å². The number of rotatable bonds is 7. The van der Waals surface area contributed by atoms with E-state index in [9.17, 15) is 9.59 Å². The first-order chi connectivity index (χ1) is 10.1. The minimum atomic E-state index is -0.806. The Morgan fingerprint density at radius 3 is 2.86 bits per heavy atom. The summed E-state index contributed by atoms with van der Waals surface area (Å²) in [4.78, 5) is 26.8. The van der Waals surface area contributed by atoms with E-state index < -0.39 is 5.97 Å². The van der Waals surface area contributed by atoms with Crippen LogP contribution in [0.5, 0.6) is 0 Å². The fourth-order valence-corrected chi connectivity index (χ4v) is 2.17. The summed E-state index contributed by atoms with van der Waals surface area (Å²) in [5, 5.41) is 11.4. The molecule has 0 radical (unpaired) electrons. The number of para-hydroxylation sites is 2. The molecule has 0 saturated heterocycles. The number of imidazole rings is 1. The van der Waals surface area contributed by atoms with Crippen molar-refractivity contribution in [1.82, 2.24) is 14.9 Å². The van der Waals surface area contributed by atoms with Gasteiger partial charge in [0.05, 0.1) is 17.4 Å². The Morgan fingerprint density at radius 1 is 1.33 bits per heavy atom. The molecule has 1 atom stereocenters. The second-order valence-electron chi connectivity index (χ2n) is 4.96. The lowest BCUT2D eigenvalue weighted by Crippen LogP contribution is -2.31. The third-order valence-corrected chi connectivity index (χ3v) is 3.39. The van der Waals surface area contributed by atoms with Gasteiger partial charge in [-0.2, -0.15) is 0 Å². The zero-order valence-corrected chi connectivity index (χ0v) is 12.0. The van der Waals surface area contributed by atoms with E-state index in [-0.39, 0.29) is 18.4 Å². The fraction of sp³-hybridized carbons (Fsp3) is 0.400. The van der Waals surface area contributed by atoms with Gasteiger partial charge in [-0.25, -0.2) is 4.98 Å². The van der Waals surface area contributed by atoms with Gasteiger partial charge in [0.2, 0.25) is 5.91 Å². The van der Waals surface area contributed by atoms with Crippen molar-refractivity contribution in [2.75, 3.05) is 6.54 Å². The lowest BCUT2D eigenvalue weighted by atomic mass is 10.2. The molecular formula is C15H19N3O3. The van der Waals surface area contributed by atoms with E-state index in [2.05, 4.69) is 10.3 Å². The van der Waals surface area contributed by atoms with Gasteiger partial charge in [0.1, 0.15) is 6.04 Å². The molecule has 6 heteroatoms. The molecule has 1 aromatic carbocycles. The van der Waals surface area contributed by atoms with Crippen molar-refractivity contribution in [2.45, 2.75) is 32.2 Å². The maximum absolute atomic E-state index is 12.1. The quantitative estimate of drug-likeness (QED) is 0.763. The summed E-state index contributed by atoms with van der Waals surface area (Å²) in [5.41, 5.74) is 1.78. The van der Waals surface area contributed by atoms with Crippen LogP contribution in [0.3, 0.4) is 0 Å². The number of benzene rings is 1. The van der Waals surface area contributed by atoms with Crippen molar-refractivity contribution in [1.29, 1.82) is 0 Å². The zero-order chi connectivity index (χ0) is 15.2. The standard InChI is InChI=1S/C15H19N3O3/c1-11(15(21)16-9-5-4-8-14(19)20)18-10-17-12-6-2-3-7-13(12)18/h2-3,6-7,10-11H,4-5,8-9H2,1H3,(H,16,21)(H,19,20). The maximum atomic E-state index is 12.1. The van der Waals surface area contributed by atoms with Crippen molar-refractivity contribution in [3.63, 3.8) is 0 Å². The average molecular weight is 289 g/mol. The zero-order valence-electron chi connectivity index (χ0n) is 12.0. The maximum Gasteiger partial charge on any atom is 0.303 e. The minimum Gasteiger partial charge on any atom is -0.481 e. The van der Waals surface area contributed by atoms with Gasteiger partial charge in [0.25, 0.3) is 0 Å². The topological polar surface area (TPSA) is 84.2 Å². The second kappa shape index (κ2) is 6.88. The number of aromatic nitrogens is 2. The van der Waals surface area contributed by atoms with Crippen molar-refractivity contribution < 1.29 is 14.7 Å². The van der Waals surface area contributed by atoms with Gasteiger partial charge in [-0.05, 0) is 31.9 Å². The monoisotopic (exact) mass is 289 g/mol. The lowest BCUT2D eigenvalue weighted by molar-refractivity contribution is -0.137. The summed E-state index contributed by atoms with van der Waals surface area (Å²) in [6, 6.07) is 7.31. The summed E-state index contributed by atoms with van der Waals surface area (Å²) in [6.07, 6.45) is 3.03. The van der Waals surface area contributed by atoms with Crippen LogP contribution >= 0.6 is 0 Å². The predicted molar refractivity (Wildman–Crippen MR) is 78.9 cm³/mol. The molecule has 21 heavy (non-hydrogen) atoms. The highest BCUT2D eigenvalue weighted by molar-refractivity contribution is 5.83. The number of unbranched alkanes of at least 4 members (excludes halogenated alkanes) is 1. The molecule has 2 rings (SSSR count). The van der Waals surface area contributed by atoms with Crippen LogP contribution in [-0.4, -0.2) is 33.1 Å². The van der Waals surface area contributed by atoms with Crippen LogP contribution in [0.25, 0.3) is 11.0 Å². The molecule has 0 saturated carbocycles. The van der Waals surface area contributed by atoms with Crippen LogP contribution in [0.1, 0.15) is 32.2 Å². The number of carbonyl (C=O) groups is 2. The van der Waals surface area contributed by atoms with E-state index in [0.717, 1.165) is 11.0 Å². The molecule has 6 nitrogen and oxygen atoms in total. The first-order valence-electron chi connectivity index (χ1n) is 7.00.